The molecule has 0 aliphatic heterocycles. The van der Waals surface area contributed by atoms with Crippen molar-refractivity contribution in [1.82, 2.24) is 5.32 Å². The minimum Gasteiger partial charge on any atom is -0.356 e. The maximum Gasteiger partial charge on any atom is 0.232 e. The summed E-state index contributed by atoms with van der Waals surface area (Å²) in [6, 6.07) is 7.46. The van der Waals surface area contributed by atoms with E-state index in [2.05, 4.69) is 33.0 Å². The summed E-state index contributed by atoms with van der Waals surface area (Å²) in [5.41, 5.74) is 1.75. The Morgan fingerprint density at radius 3 is 2.17 bits per heavy atom. The fraction of sp³-hybridized carbons (Fsp3) is 0.611. The summed E-state index contributed by atoms with van der Waals surface area (Å²) in [6.45, 7) is 9.14. The van der Waals surface area contributed by atoms with Gasteiger partial charge in [0.15, 0.2) is 0 Å². The highest BCUT2D eigenvalue weighted by molar-refractivity contribution is 7.92. The molecule has 0 aromatic heterocycles. The number of nitrogens with one attached hydrogen (secondary N) is 1. The maximum atomic E-state index is 12.1. The van der Waals surface area contributed by atoms with Crippen LogP contribution in [0.25, 0.3) is 0 Å². The summed E-state index contributed by atoms with van der Waals surface area (Å²) < 4.78 is 25.4. The summed E-state index contributed by atoms with van der Waals surface area (Å²) >= 11 is 0. The average molecular weight is 355 g/mol. The largest absolute Gasteiger partial charge is 0.356 e. The lowest BCUT2D eigenvalue weighted by Gasteiger charge is -2.22. The molecule has 0 saturated carbocycles. The fourth-order valence-electron chi connectivity index (χ4n) is 2.30. The van der Waals surface area contributed by atoms with E-state index in [4.69, 9.17) is 0 Å². The van der Waals surface area contributed by atoms with Gasteiger partial charge < -0.3 is 5.32 Å². The van der Waals surface area contributed by atoms with E-state index in [1.54, 1.807) is 12.1 Å². The Kier molecular flexibility index (Phi) is 7.73. The predicted molar refractivity (Wildman–Crippen MR) is 99.8 cm³/mol. The molecular weight excluding hydrogens is 324 g/mol. The van der Waals surface area contributed by atoms with Gasteiger partial charge in [-0.3, -0.25) is 9.10 Å². The molecule has 0 bridgehead atoms. The van der Waals surface area contributed by atoms with Crippen molar-refractivity contribution in [2.75, 3.05) is 23.7 Å². The third-order valence-electron chi connectivity index (χ3n) is 3.83. The van der Waals surface area contributed by atoms with Crippen LogP contribution in [0.1, 0.15) is 52.0 Å². The van der Waals surface area contributed by atoms with Crippen LogP contribution < -0.4 is 9.62 Å². The van der Waals surface area contributed by atoms with Crippen LogP contribution in [-0.2, 0) is 14.8 Å². The SMILES string of the molecule is CC(C)CCNC(=O)CCN(c1ccc(C(C)C)cc1)S(C)(=O)=O. The van der Waals surface area contributed by atoms with E-state index in [9.17, 15) is 13.2 Å². The van der Waals surface area contributed by atoms with Crippen LogP contribution in [0.2, 0.25) is 0 Å². The van der Waals surface area contributed by atoms with E-state index in [-0.39, 0.29) is 18.9 Å². The number of hydrogen-bond acceptors (Lipinski definition) is 3. The third kappa shape index (κ3) is 6.91. The average Bonchev–Trinajstić information content (AvgIpc) is 2.46. The Labute approximate surface area is 146 Å². The Bertz CT molecular complexity index is 622. The molecule has 0 unspecified atom stereocenters. The quantitative estimate of drug-likeness (QED) is 0.741. The van der Waals surface area contributed by atoms with E-state index in [1.807, 2.05) is 12.1 Å². The van der Waals surface area contributed by atoms with Crippen molar-refractivity contribution in [3.63, 3.8) is 0 Å². The molecule has 0 aliphatic rings. The smallest absolute Gasteiger partial charge is 0.232 e. The molecule has 0 fully saturated rings. The first-order valence-electron chi connectivity index (χ1n) is 8.45. The molecule has 0 spiro atoms. The van der Waals surface area contributed by atoms with Crippen LogP contribution in [0.4, 0.5) is 5.69 Å². The van der Waals surface area contributed by atoms with E-state index < -0.39 is 10.0 Å². The number of sulfonamides is 1. The first-order valence-corrected chi connectivity index (χ1v) is 10.3. The van der Waals surface area contributed by atoms with E-state index in [0.29, 0.717) is 24.1 Å². The van der Waals surface area contributed by atoms with E-state index in [0.717, 1.165) is 12.0 Å². The number of benzene rings is 1. The molecule has 1 amide bonds. The summed E-state index contributed by atoms with van der Waals surface area (Å²) in [7, 11) is -3.43. The van der Waals surface area contributed by atoms with Crippen LogP contribution in [0, 0.1) is 5.92 Å². The van der Waals surface area contributed by atoms with Crippen molar-refractivity contribution in [2.45, 2.75) is 46.5 Å². The second-order valence-corrected chi connectivity index (χ2v) is 8.77. The molecule has 1 aromatic rings. The minimum atomic E-state index is -3.43. The Hall–Kier alpha value is -1.56. The highest BCUT2D eigenvalue weighted by Crippen LogP contribution is 2.22. The summed E-state index contributed by atoms with van der Waals surface area (Å²) in [5, 5.41) is 2.84. The lowest BCUT2D eigenvalue weighted by atomic mass is 10.0. The lowest BCUT2D eigenvalue weighted by Crippen LogP contribution is -2.35. The normalized spacial score (nSPS) is 11.8. The van der Waals surface area contributed by atoms with Gasteiger partial charge in [-0.15, -0.1) is 0 Å². The second-order valence-electron chi connectivity index (χ2n) is 6.86. The zero-order chi connectivity index (χ0) is 18.3. The number of hydrogen-bond donors (Lipinski definition) is 1. The Balaban J connectivity index is 2.72. The summed E-state index contributed by atoms with van der Waals surface area (Å²) in [6.07, 6.45) is 2.23. The Morgan fingerprint density at radius 1 is 1.12 bits per heavy atom. The van der Waals surface area contributed by atoms with E-state index in [1.165, 1.54) is 10.6 Å². The molecule has 136 valence electrons. The van der Waals surface area contributed by atoms with Crippen LogP contribution in [0.5, 0.6) is 0 Å². The van der Waals surface area contributed by atoms with Gasteiger partial charge >= 0.3 is 0 Å². The number of carbonyl (C=O) groups is 1. The van der Waals surface area contributed by atoms with Crippen molar-refractivity contribution < 1.29 is 13.2 Å². The van der Waals surface area contributed by atoms with Gasteiger partial charge in [0.25, 0.3) is 0 Å². The lowest BCUT2D eigenvalue weighted by molar-refractivity contribution is -0.120. The standard InChI is InChI=1S/C18H30N2O3S/c1-14(2)10-12-19-18(21)11-13-20(24(5,22)23)17-8-6-16(7-9-17)15(3)4/h6-9,14-15H,10-13H2,1-5H3,(H,19,21). The van der Waals surface area contributed by atoms with Gasteiger partial charge in [0.05, 0.1) is 11.9 Å². The number of carbonyl (C=O) groups excluding carboxylic acids is 1. The minimum absolute atomic E-state index is 0.122. The molecule has 5 nitrogen and oxygen atoms in total. The first-order chi connectivity index (χ1) is 11.1. The second kappa shape index (κ2) is 9.06. The van der Waals surface area contributed by atoms with Crippen molar-refractivity contribution in [3.05, 3.63) is 29.8 Å². The molecule has 0 saturated heterocycles. The van der Waals surface area contributed by atoms with Gasteiger partial charge in [-0.05, 0) is 36.0 Å². The monoisotopic (exact) mass is 354 g/mol. The first kappa shape index (κ1) is 20.5. The molecule has 0 heterocycles. The Morgan fingerprint density at radius 2 is 1.71 bits per heavy atom. The van der Waals surface area contributed by atoms with Gasteiger partial charge in [0.2, 0.25) is 15.9 Å². The predicted octanol–water partition coefficient (Wildman–Crippen LogP) is 3.13. The molecule has 6 heteroatoms. The number of amides is 1. The van der Waals surface area contributed by atoms with Crippen molar-refractivity contribution in [1.29, 1.82) is 0 Å². The van der Waals surface area contributed by atoms with Crippen molar-refractivity contribution >= 4 is 21.6 Å². The molecular formula is C18H30N2O3S. The fourth-order valence-corrected chi connectivity index (χ4v) is 3.23. The molecule has 1 N–H and O–H groups in total. The number of anilines is 1. The third-order valence-corrected chi connectivity index (χ3v) is 5.03. The van der Waals surface area contributed by atoms with Crippen LogP contribution in [0.15, 0.2) is 24.3 Å². The zero-order valence-corrected chi connectivity index (χ0v) is 16.2. The van der Waals surface area contributed by atoms with Gasteiger partial charge in [-0.25, -0.2) is 8.42 Å². The summed E-state index contributed by atoms with van der Waals surface area (Å²) in [4.78, 5) is 11.9. The maximum absolute atomic E-state index is 12.1. The van der Waals surface area contributed by atoms with Gasteiger partial charge in [0.1, 0.15) is 0 Å². The van der Waals surface area contributed by atoms with Gasteiger partial charge in [-0.2, -0.15) is 0 Å². The molecule has 0 radical (unpaired) electrons. The van der Waals surface area contributed by atoms with Crippen LogP contribution >= 0.6 is 0 Å². The zero-order valence-electron chi connectivity index (χ0n) is 15.4. The molecule has 0 aliphatic carbocycles. The van der Waals surface area contributed by atoms with E-state index >= 15 is 0 Å². The molecule has 1 aromatic carbocycles. The molecule has 1 rings (SSSR count). The molecule has 24 heavy (non-hydrogen) atoms. The van der Waals surface area contributed by atoms with Crippen LogP contribution in [0.3, 0.4) is 0 Å². The van der Waals surface area contributed by atoms with Crippen LogP contribution in [-0.4, -0.2) is 33.7 Å². The highest BCUT2D eigenvalue weighted by atomic mass is 32.2. The highest BCUT2D eigenvalue weighted by Gasteiger charge is 2.18. The topological polar surface area (TPSA) is 66.5 Å². The number of rotatable bonds is 9. The summed E-state index contributed by atoms with van der Waals surface area (Å²) in [5.74, 6) is 0.790. The van der Waals surface area contributed by atoms with Crippen molar-refractivity contribution in [3.8, 4) is 0 Å². The van der Waals surface area contributed by atoms with Crippen molar-refractivity contribution in [2.24, 2.45) is 5.92 Å². The molecule has 0 atom stereocenters. The number of nitrogens with zero attached hydrogens (tertiary/aromatic N) is 1. The van der Waals surface area contributed by atoms with Gasteiger partial charge in [0, 0.05) is 19.5 Å². The van der Waals surface area contributed by atoms with Gasteiger partial charge in [-0.1, -0.05) is 39.8 Å².